The fraction of sp³-hybridized carbons (Fsp3) is 0.400. The number of aliphatic hydroxyl groups is 1. The Bertz CT molecular complexity index is 825. The SMILES string of the molecule is Cc1ccc(Cl)cc1N1CCN(C[C@@H](O)COc2ccccc2[N+](=O)[O-])CC1. The Morgan fingerprint density at radius 2 is 1.93 bits per heavy atom. The number of nitrogens with zero attached hydrogens (tertiary/aromatic N) is 3. The van der Waals surface area contributed by atoms with Crippen molar-refractivity contribution in [3.63, 3.8) is 0 Å². The smallest absolute Gasteiger partial charge is 0.310 e. The van der Waals surface area contributed by atoms with Crippen LogP contribution in [0, 0.1) is 17.0 Å². The lowest BCUT2D eigenvalue weighted by atomic mass is 10.1. The standard InChI is InChI=1S/C20H24ClN3O4/c1-15-6-7-16(21)12-19(15)23-10-8-22(9-11-23)13-17(25)14-28-20-5-3-2-4-18(20)24(26)27/h2-7,12,17,25H,8-11,13-14H2,1H3/t17-/m1/s1. The third-order valence-electron chi connectivity index (χ3n) is 4.85. The number of aliphatic hydroxyl groups excluding tert-OH is 1. The van der Waals surface area contributed by atoms with E-state index in [9.17, 15) is 15.2 Å². The van der Waals surface area contributed by atoms with Gasteiger partial charge >= 0.3 is 5.69 Å². The Kier molecular flexibility index (Phi) is 6.72. The third kappa shape index (κ3) is 5.13. The average molecular weight is 406 g/mol. The van der Waals surface area contributed by atoms with Gasteiger partial charge in [-0.05, 0) is 30.7 Å². The first-order valence-electron chi connectivity index (χ1n) is 9.22. The van der Waals surface area contributed by atoms with Crippen LogP contribution in [0.4, 0.5) is 11.4 Å². The van der Waals surface area contributed by atoms with E-state index in [-0.39, 0.29) is 18.0 Å². The molecule has 1 aliphatic heterocycles. The molecule has 1 atom stereocenters. The Hall–Kier alpha value is -2.35. The summed E-state index contributed by atoms with van der Waals surface area (Å²) >= 11 is 6.12. The first-order chi connectivity index (χ1) is 13.4. The molecule has 0 spiro atoms. The minimum Gasteiger partial charge on any atom is -0.484 e. The van der Waals surface area contributed by atoms with Gasteiger partial charge in [0.15, 0.2) is 5.75 Å². The summed E-state index contributed by atoms with van der Waals surface area (Å²) in [5.74, 6) is 0.174. The van der Waals surface area contributed by atoms with Crippen molar-refractivity contribution in [1.29, 1.82) is 0 Å². The highest BCUT2D eigenvalue weighted by Gasteiger charge is 2.22. The van der Waals surface area contributed by atoms with Crippen molar-refractivity contribution in [2.24, 2.45) is 0 Å². The number of benzene rings is 2. The highest BCUT2D eigenvalue weighted by atomic mass is 35.5. The Morgan fingerprint density at radius 1 is 1.21 bits per heavy atom. The summed E-state index contributed by atoms with van der Waals surface area (Å²) in [7, 11) is 0. The van der Waals surface area contributed by atoms with E-state index in [1.165, 1.54) is 17.7 Å². The lowest BCUT2D eigenvalue weighted by molar-refractivity contribution is -0.385. The molecule has 8 heteroatoms. The summed E-state index contributed by atoms with van der Waals surface area (Å²) in [4.78, 5) is 15.0. The molecule has 7 nitrogen and oxygen atoms in total. The van der Waals surface area contributed by atoms with Gasteiger partial charge < -0.3 is 14.7 Å². The molecule has 0 unspecified atom stereocenters. The fourth-order valence-electron chi connectivity index (χ4n) is 3.36. The number of para-hydroxylation sites is 2. The van der Waals surface area contributed by atoms with E-state index < -0.39 is 11.0 Å². The summed E-state index contributed by atoms with van der Waals surface area (Å²) in [5, 5.41) is 22.0. The molecule has 1 heterocycles. The van der Waals surface area contributed by atoms with Crippen LogP contribution in [0.25, 0.3) is 0 Å². The summed E-state index contributed by atoms with van der Waals surface area (Å²) in [6, 6.07) is 12.1. The molecule has 28 heavy (non-hydrogen) atoms. The van der Waals surface area contributed by atoms with Gasteiger partial charge in [-0.2, -0.15) is 0 Å². The lowest BCUT2D eigenvalue weighted by Crippen LogP contribution is -2.49. The maximum absolute atomic E-state index is 11.0. The van der Waals surface area contributed by atoms with Crippen molar-refractivity contribution in [3.8, 4) is 5.75 Å². The fourth-order valence-corrected chi connectivity index (χ4v) is 3.53. The van der Waals surface area contributed by atoms with Gasteiger partial charge in [0.2, 0.25) is 0 Å². The Balaban J connectivity index is 1.48. The summed E-state index contributed by atoms with van der Waals surface area (Å²) in [6.45, 7) is 5.87. The van der Waals surface area contributed by atoms with E-state index in [4.69, 9.17) is 16.3 Å². The second kappa shape index (κ2) is 9.23. The molecular formula is C20H24ClN3O4. The van der Waals surface area contributed by atoms with E-state index in [0.717, 1.165) is 36.9 Å². The van der Waals surface area contributed by atoms with Crippen LogP contribution < -0.4 is 9.64 Å². The third-order valence-corrected chi connectivity index (χ3v) is 5.08. The number of rotatable bonds is 7. The molecule has 0 saturated carbocycles. The average Bonchev–Trinajstić information content (AvgIpc) is 2.69. The van der Waals surface area contributed by atoms with E-state index in [0.29, 0.717) is 6.54 Å². The first kappa shape index (κ1) is 20.4. The van der Waals surface area contributed by atoms with Crippen LogP contribution in [-0.2, 0) is 0 Å². The number of aryl methyl sites for hydroxylation is 1. The minimum absolute atomic E-state index is 0.0124. The zero-order valence-electron chi connectivity index (χ0n) is 15.8. The van der Waals surface area contributed by atoms with Crippen LogP contribution in [0.2, 0.25) is 5.02 Å². The first-order valence-corrected chi connectivity index (χ1v) is 9.59. The molecule has 1 saturated heterocycles. The van der Waals surface area contributed by atoms with Crippen molar-refractivity contribution in [1.82, 2.24) is 4.90 Å². The monoisotopic (exact) mass is 405 g/mol. The van der Waals surface area contributed by atoms with E-state index in [2.05, 4.69) is 16.7 Å². The highest BCUT2D eigenvalue weighted by molar-refractivity contribution is 6.30. The largest absolute Gasteiger partial charge is 0.484 e. The molecule has 0 aromatic heterocycles. The van der Waals surface area contributed by atoms with Crippen molar-refractivity contribution in [3.05, 3.63) is 63.2 Å². The van der Waals surface area contributed by atoms with Gasteiger partial charge in [0, 0.05) is 49.5 Å². The molecular weight excluding hydrogens is 382 g/mol. The topological polar surface area (TPSA) is 79.1 Å². The number of nitro benzene ring substituents is 1. The van der Waals surface area contributed by atoms with Crippen LogP contribution in [0.3, 0.4) is 0 Å². The van der Waals surface area contributed by atoms with Gasteiger partial charge in [-0.15, -0.1) is 0 Å². The second-order valence-electron chi connectivity index (χ2n) is 6.91. The van der Waals surface area contributed by atoms with Crippen molar-refractivity contribution < 1.29 is 14.8 Å². The number of ether oxygens (including phenoxy) is 1. The molecule has 2 aromatic rings. The summed E-state index contributed by atoms with van der Waals surface area (Å²) in [5.41, 5.74) is 2.24. The maximum Gasteiger partial charge on any atom is 0.310 e. The van der Waals surface area contributed by atoms with Crippen molar-refractivity contribution >= 4 is 23.0 Å². The van der Waals surface area contributed by atoms with Gasteiger partial charge in [0.25, 0.3) is 0 Å². The Labute approximate surface area is 169 Å². The predicted octanol–water partition coefficient (Wildman–Crippen LogP) is 3.12. The zero-order valence-corrected chi connectivity index (χ0v) is 16.5. The normalized spacial score (nSPS) is 16.0. The number of hydrogen-bond acceptors (Lipinski definition) is 6. The zero-order chi connectivity index (χ0) is 20.1. The van der Waals surface area contributed by atoms with E-state index in [1.807, 2.05) is 18.2 Å². The number of halogens is 1. The van der Waals surface area contributed by atoms with Gasteiger partial charge in [0.1, 0.15) is 12.7 Å². The number of piperazine rings is 1. The number of hydrogen-bond donors (Lipinski definition) is 1. The molecule has 150 valence electrons. The van der Waals surface area contributed by atoms with Crippen molar-refractivity contribution in [2.45, 2.75) is 13.0 Å². The lowest BCUT2D eigenvalue weighted by Gasteiger charge is -2.37. The van der Waals surface area contributed by atoms with E-state index in [1.54, 1.807) is 12.1 Å². The molecule has 0 radical (unpaired) electrons. The van der Waals surface area contributed by atoms with Crippen LogP contribution in [0.1, 0.15) is 5.56 Å². The van der Waals surface area contributed by atoms with Crippen molar-refractivity contribution in [2.75, 3.05) is 44.2 Å². The molecule has 1 aliphatic rings. The second-order valence-corrected chi connectivity index (χ2v) is 7.34. The quantitative estimate of drug-likeness (QED) is 0.563. The Morgan fingerprint density at radius 3 is 2.64 bits per heavy atom. The van der Waals surface area contributed by atoms with Gasteiger partial charge in [-0.25, -0.2) is 0 Å². The van der Waals surface area contributed by atoms with Crippen LogP contribution in [0.15, 0.2) is 42.5 Å². The van der Waals surface area contributed by atoms with Crippen LogP contribution in [0.5, 0.6) is 5.75 Å². The van der Waals surface area contributed by atoms with Gasteiger partial charge in [-0.1, -0.05) is 29.8 Å². The molecule has 0 aliphatic carbocycles. The van der Waals surface area contributed by atoms with Crippen LogP contribution >= 0.6 is 11.6 Å². The molecule has 1 N–H and O–H groups in total. The van der Waals surface area contributed by atoms with Gasteiger partial charge in [-0.3, -0.25) is 15.0 Å². The number of β-amino-alcohol motifs (C(OH)–C–C–N with tert-alkyl or cyclic N) is 1. The van der Waals surface area contributed by atoms with E-state index >= 15 is 0 Å². The predicted molar refractivity (Wildman–Crippen MR) is 109 cm³/mol. The molecule has 1 fully saturated rings. The number of nitro groups is 1. The summed E-state index contributed by atoms with van der Waals surface area (Å²) in [6.07, 6.45) is -0.723. The molecule has 3 rings (SSSR count). The minimum atomic E-state index is -0.723. The van der Waals surface area contributed by atoms with Gasteiger partial charge in [0.05, 0.1) is 4.92 Å². The number of anilines is 1. The maximum atomic E-state index is 11.0. The molecule has 0 amide bonds. The molecule has 2 aromatic carbocycles. The van der Waals surface area contributed by atoms with Crippen LogP contribution in [-0.4, -0.2) is 60.4 Å². The highest BCUT2D eigenvalue weighted by Crippen LogP contribution is 2.27. The molecule has 0 bridgehead atoms. The summed E-state index contributed by atoms with van der Waals surface area (Å²) < 4.78 is 5.48.